The molecule has 0 aromatic heterocycles. The molecule has 2 heterocycles. The zero-order valence-corrected chi connectivity index (χ0v) is 16.4. The summed E-state index contributed by atoms with van der Waals surface area (Å²) in [5.74, 6) is -0.00675. The number of amides is 2. The monoisotopic (exact) mass is 416 g/mol. The zero-order chi connectivity index (χ0) is 19.6. The third kappa shape index (κ3) is 4.70. The minimum atomic E-state index is -3.83. The molecule has 1 saturated heterocycles. The molecule has 0 atom stereocenters. The summed E-state index contributed by atoms with van der Waals surface area (Å²) in [6, 6.07) is 2.68. The molecule has 0 unspecified atom stereocenters. The molecule has 0 spiro atoms. The predicted molar refractivity (Wildman–Crippen MR) is 99.5 cm³/mol. The van der Waals surface area contributed by atoms with Crippen molar-refractivity contribution in [3.05, 3.63) is 17.2 Å². The Kier molecular flexibility index (Phi) is 5.89. The van der Waals surface area contributed by atoms with Crippen molar-refractivity contribution in [1.82, 2.24) is 14.5 Å². The van der Waals surface area contributed by atoms with Crippen molar-refractivity contribution in [1.29, 1.82) is 0 Å². The fourth-order valence-corrected chi connectivity index (χ4v) is 4.55. The van der Waals surface area contributed by atoms with Crippen LogP contribution in [0, 0.1) is 0 Å². The number of anilines is 1. The van der Waals surface area contributed by atoms with Crippen LogP contribution in [0.15, 0.2) is 17.0 Å². The number of sulfonamides is 1. The molecule has 0 radical (unpaired) electrons. The zero-order valence-electron chi connectivity index (χ0n) is 14.8. The molecule has 1 fully saturated rings. The normalized spacial score (nSPS) is 17.9. The van der Waals surface area contributed by atoms with Gasteiger partial charge in [-0.05, 0) is 6.07 Å². The van der Waals surface area contributed by atoms with E-state index in [1.807, 2.05) is 0 Å². The van der Waals surface area contributed by atoms with Gasteiger partial charge in [-0.3, -0.25) is 14.5 Å². The van der Waals surface area contributed by atoms with Crippen LogP contribution in [0.5, 0.6) is 5.75 Å². The lowest BCUT2D eigenvalue weighted by Gasteiger charge is -2.34. The second-order valence-electron chi connectivity index (χ2n) is 6.36. The lowest BCUT2D eigenvalue weighted by atomic mass is 10.2. The number of nitrogens with zero attached hydrogens (tertiary/aromatic N) is 2. The van der Waals surface area contributed by atoms with E-state index in [-0.39, 0.29) is 40.6 Å². The Hall–Kier alpha value is -1.88. The van der Waals surface area contributed by atoms with Crippen LogP contribution in [0.25, 0.3) is 0 Å². The highest BCUT2D eigenvalue weighted by Crippen LogP contribution is 2.35. The number of benzene rings is 1. The van der Waals surface area contributed by atoms with E-state index in [2.05, 4.69) is 14.9 Å². The first-order valence-corrected chi connectivity index (χ1v) is 10.4. The number of rotatable bonds is 5. The number of halogens is 1. The molecule has 0 saturated carbocycles. The average Bonchev–Trinajstić information content (AvgIpc) is 2.61. The summed E-state index contributed by atoms with van der Waals surface area (Å²) in [7, 11) is -3.83. The molecular weight excluding hydrogens is 396 g/mol. The van der Waals surface area contributed by atoms with Crippen LogP contribution in [0.4, 0.5) is 5.69 Å². The molecule has 11 heteroatoms. The number of carbonyl (C=O) groups excluding carboxylic acids is 2. The summed E-state index contributed by atoms with van der Waals surface area (Å²) in [4.78, 5) is 26.4. The van der Waals surface area contributed by atoms with Gasteiger partial charge in [0.15, 0.2) is 6.61 Å². The molecule has 0 bridgehead atoms. The van der Waals surface area contributed by atoms with Gasteiger partial charge in [0.25, 0.3) is 5.91 Å². The Bertz CT molecular complexity index is 853. The third-order valence-electron chi connectivity index (χ3n) is 4.49. The lowest BCUT2D eigenvalue weighted by Crippen LogP contribution is -2.49. The van der Waals surface area contributed by atoms with Crippen molar-refractivity contribution in [3.8, 4) is 5.75 Å². The van der Waals surface area contributed by atoms with Crippen LogP contribution in [0.3, 0.4) is 0 Å². The van der Waals surface area contributed by atoms with Gasteiger partial charge in [-0.2, -0.15) is 0 Å². The smallest absolute Gasteiger partial charge is 0.262 e. The van der Waals surface area contributed by atoms with Gasteiger partial charge in [-0.1, -0.05) is 11.6 Å². The van der Waals surface area contributed by atoms with E-state index in [0.717, 1.165) is 0 Å². The highest BCUT2D eigenvalue weighted by atomic mass is 35.5. The minimum Gasteiger partial charge on any atom is -0.482 e. The molecule has 0 aliphatic carbocycles. The molecule has 27 heavy (non-hydrogen) atoms. The van der Waals surface area contributed by atoms with Crippen molar-refractivity contribution in [3.63, 3.8) is 0 Å². The standard InChI is InChI=1S/C16H21ClN4O5S/c1-11(22)21-6-4-20(5-7-21)3-2-18-27(24,25)15-9-14-13(8-12(15)17)19-16(23)10-26-14/h8-9,18H,2-7,10H2,1H3,(H,19,23). The van der Waals surface area contributed by atoms with E-state index >= 15 is 0 Å². The van der Waals surface area contributed by atoms with Crippen LogP contribution < -0.4 is 14.8 Å². The Morgan fingerprint density at radius 2 is 2.00 bits per heavy atom. The van der Waals surface area contributed by atoms with Crippen LogP contribution >= 0.6 is 11.6 Å². The summed E-state index contributed by atoms with van der Waals surface area (Å²) in [6.07, 6.45) is 0. The van der Waals surface area contributed by atoms with E-state index in [0.29, 0.717) is 38.4 Å². The fraction of sp³-hybridized carbons (Fsp3) is 0.500. The first-order valence-electron chi connectivity index (χ1n) is 8.50. The molecular formula is C16H21ClN4O5S. The Balaban J connectivity index is 1.59. The lowest BCUT2D eigenvalue weighted by molar-refractivity contribution is -0.130. The highest BCUT2D eigenvalue weighted by Gasteiger charge is 2.25. The van der Waals surface area contributed by atoms with Crippen LogP contribution in [0.2, 0.25) is 5.02 Å². The number of piperazine rings is 1. The predicted octanol–water partition coefficient (Wildman–Crippen LogP) is 0.113. The molecule has 1 aromatic carbocycles. The summed E-state index contributed by atoms with van der Waals surface area (Å²) in [5.41, 5.74) is 0.346. The van der Waals surface area contributed by atoms with Gasteiger partial charge in [0, 0.05) is 52.3 Å². The second kappa shape index (κ2) is 8.01. The van der Waals surface area contributed by atoms with Gasteiger partial charge >= 0.3 is 0 Å². The third-order valence-corrected chi connectivity index (χ3v) is 6.42. The summed E-state index contributed by atoms with van der Waals surface area (Å²) in [6.45, 7) is 4.80. The van der Waals surface area contributed by atoms with E-state index in [1.165, 1.54) is 12.1 Å². The van der Waals surface area contributed by atoms with Crippen LogP contribution in [-0.4, -0.2) is 75.9 Å². The number of nitrogens with one attached hydrogen (secondary N) is 2. The topological polar surface area (TPSA) is 108 Å². The molecule has 9 nitrogen and oxygen atoms in total. The molecule has 3 rings (SSSR count). The first-order chi connectivity index (χ1) is 12.8. The molecule has 2 aliphatic rings. The van der Waals surface area contributed by atoms with E-state index in [4.69, 9.17) is 16.3 Å². The van der Waals surface area contributed by atoms with Crippen molar-refractivity contribution in [2.24, 2.45) is 0 Å². The minimum absolute atomic E-state index is 0.00197. The van der Waals surface area contributed by atoms with Gasteiger partial charge in [0.2, 0.25) is 15.9 Å². The van der Waals surface area contributed by atoms with Crippen LogP contribution in [-0.2, 0) is 19.6 Å². The maximum Gasteiger partial charge on any atom is 0.262 e. The van der Waals surface area contributed by atoms with Gasteiger partial charge in [-0.25, -0.2) is 13.1 Å². The van der Waals surface area contributed by atoms with Crippen molar-refractivity contribution < 1.29 is 22.7 Å². The molecule has 148 valence electrons. The molecule has 2 amide bonds. The van der Waals surface area contributed by atoms with E-state index < -0.39 is 10.0 Å². The Morgan fingerprint density at radius 3 is 2.67 bits per heavy atom. The summed E-state index contributed by atoms with van der Waals surface area (Å²) < 4.78 is 32.9. The van der Waals surface area contributed by atoms with Gasteiger partial charge in [0.05, 0.1) is 10.7 Å². The molecule has 2 N–H and O–H groups in total. The quantitative estimate of drug-likeness (QED) is 0.705. The van der Waals surface area contributed by atoms with Crippen LogP contribution in [0.1, 0.15) is 6.92 Å². The summed E-state index contributed by atoms with van der Waals surface area (Å²) >= 11 is 6.09. The van der Waals surface area contributed by atoms with E-state index in [9.17, 15) is 18.0 Å². The number of ether oxygens (including phenoxy) is 1. The number of fused-ring (bicyclic) bond motifs is 1. The Labute approximate surface area is 162 Å². The number of carbonyl (C=O) groups is 2. The molecule has 2 aliphatic heterocycles. The van der Waals surface area contributed by atoms with E-state index in [1.54, 1.807) is 11.8 Å². The van der Waals surface area contributed by atoms with Crippen molar-refractivity contribution in [2.45, 2.75) is 11.8 Å². The Morgan fingerprint density at radius 1 is 1.30 bits per heavy atom. The van der Waals surface area contributed by atoms with Gasteiger partial charge in [0.1, 0.15) is 10.6 Å². The maximum atomic E-state index is 12.6. The van der Waals surface area contributed by atoms with Crippen molar-refractivity contribution in [2.75, 3.05) is 51.2 Å². The second-order valence-corrected chi connectivity index (χ2v) is 8.50. The number of hydrogen-bond acceptors (Lipinski definition) is 6. The summed E-state index contributed by atoms with van der Waals surface area (Å²) in [5, 5.41) is 2.58. The van der Waals surface area contributed by atoms with Gasteiger partial charge < -0.3 is 15.0 Å². The van der Waals surface area contributed by atoms with Gasteiger partial charge in [-0.15, -0.1) is 0 Å². The largest absolute Gasteiger partial charge is 0.482 e. The maximum absolute atomic E-state index is 12.6. The number of hydrogen-bond donors (Lipinski definition) is 2. The molecule has 1 aromatic rings. The first kappa shape index (κ1) is 19.9. The SMILES string of the molecule is CC(=O)N1CCN(CCNS(=O)(=O)c2cc3c(cc2Cl)NC(=O)CO3)CC1. The van der Waals surface area contributed by atoms with Crippen molar-refractivity contribution >= 4 is 39.1 Å². The average molecular weight is 417 g/mol. The highest BCUT2D eigenvalue weighted by molar-refractivity contribution is 7.89. The fourth-order valence-electron chi connectivity index (χ4n) is 2.99.